The Kier molecular flexibility index (Phi) is 3.21. The van der Waals surface area contributed by atoms with Crippen molar-refractivity contribution in [3.05, 3.63) is 22.4 Å². The molecule has 0 spiro atoms. The zero-order valence-corrected chi connectivity index (χ0v) is 9.50. The summed E-state index contributed by atoms with van der Waals surface area (Å²) < 4.78 is 0. The molecule has 1 atom stereocenters. The third-order valence-electron chi connectivity index (χ3n) is 2.47. The molecule has 1 aliphatic heterocycles. The van der Waals surface area contributed by atoms with Gasteiger partial charge < -0.3 is 16.0 Å². The highest BCUT2D eigenvalue weighted by Crippen LogP contribution is 2.18. The van der Waals surface area contributed by atoms with Crippen molar-refractivity contribution in [3.63, 3.8) is 0 Å². The first-order chi connectivity index (χ1) is 7.68. The summed E-state index contributed by atoms with van der Waals surface area (Å²) in [5.41, 5.74) is 5.85. The van der Waals surface area contributed by atoms with Gasteiger partial charge in [-0.3, -0.25) is 9.59 Å². The molecule has 3 N–H and O–H groups in total. The highest BCUT2D eigenvalue weighted by Gasteiger charge is 2.26. The second-order valence-corrected chi connectivity index (χ2v) is 4.58. The van der Waals surface area contributed by atoms with E-state index in [1.165, 1.54) is 16.2 Å². The molecule has 2 amide bonds. The standard InChI is InChI=1S/C10H13N3O2S/c11-9(7-2-1-5-16-7)10(15)13-4-3-12-8(14)6-13/h1-2,5,9H,3-4,6,11H2,(H,12,14). The van der Waals surface area contributed by atoms with Gasteiger partial charge in [-0.25, -0.2) is 0 Å². The maximum Gasteiger partial charge on any atom is 0.245 e. The number of carbonyl (C=O) groups is 2. The topological polar surface area (TPSA) is 75.4 Å². The van der Waals surface area contributed by atoms with Gasteiger partial charge in [0.05, 0.1) is 6.54 Å². The smallest absolute Gasteiger partial charge is 0.245 e. The fourth-order valence-corrected chi connectivity index (χ4v) is 2.33. The molecule has 0 saturated carbocycles. The minimum absolute atomic E-state index is 0.109. The van der Waals surface area contributed by atoms with Crippen LogP contribution in [0.2, 0.25) is 0 Å². The summed E-state index contributed by atoms with van der Waals surface area (Å²) >= 11 is 1.45. The highest BCUT2D eigenvalue weighted by molar-refractivity contribution is 7.10. The van der Waals surface area contributed by atoms with Crippen molar-refractivity contribution in [1.82, 2.24) is 10.2 Å². The number of amides is 2. The van der Waals surface area contributed by atoms with Gasteiger partial charge in [-0.2, -0.15) is 0 Å². The summed E-state index contributed by atoms with van der Waals surface area (Å²) in [4.78, 5) is 25.4. The van der Waals surface area contributed by atoms with Gasteiger partial charge in [0.2, 0.25) is 11.8 Å². The van der Waals surface area contributed by atoms with Crippen LogP contribution in [-0.4, -0.2) is 36.3 Å². The third-order valence-corrected chi connectivity index (χ3v) is 3.42. The molecule has 0 aromatic carbocycles. The molecule has 5 nitrogen and oxygen atoms in total. The molecule has 1 fully saturated rings. The van der Waals surface area contributed by atoms with Crippen molar-refractivity contribution in [2.45, 2.75) is 6.04 Å². The third kappa shape index (κ3) is 2.23. The molecule has 1 aliphatic rings. The van der Waals surface area contributed by atoms with Crippen LogP contribution in [0.5, 0.6) is 0 Å². The van der Waals surface area contributed by atoms with E-state index in [1.807, 2.05) is 17.5 Å². The monoisotopic (exact) mass is 239 g/mol. The van der Waals surface area contributed by atoms with Gasteiger partial charge in [-0.05, 0) is 11.4 Å². The van der Waals surface area contributed by atoms with Crippen LogP contribution >= 0.6 is 11.3 Å². The van der Waals surface area contributed by atoms with Crippen LogP contribution in [0.3, 0.4) is 0 Å². The molecule has 1 unspecified atom stereocenters. The van der Waals surface area contributed by atoms with Crippen LogP contribution in [0.25, 0.3) is 0 Å². The fourth-order valence-electron chi connectivity index (χ4n) is 1.61. The van der Waals surface area contributed by atoms with E-state index < -0.39 is 6.04 Å². The predicted octanol–water partition coefficient (Wildman–Crippen LogP) is -0.294. The van der Waals surface area contributed by atoms with Gasteiger partial charge in [0.25, 0.3) is 0 Å². The number of nitrogens with one attached hydrogen (secondary N) is 1. The number of thiophene rings is 1. The lowest BCUT2D eigenvalue weighted by atomic mass is 10.2. The summed E-state index contributed by atoms with van der Waals surface area (Å²) in [5, 5.41) is 4.55. The molecule has 0 bridgehead atoms. The Morgan fingerprint density at radius 1 is 1.62 bits per heavy atom. The van der Waals surface area contributed by atoms with Gasteiger partial charge in [0.1, 0.15) is 6.04 Å². The van der Waals surface area contributed by atoms with E-state index in [1.54, 1.807) is 0 Å². The maximum atomic E-state index is 12.0. The lowest BCUT2D eigenvalue weighted by molar-refractivity contribution is -0.139. The average Bonchev–Trinajstić information content (AvgIpc) is 2.80. The predicted molar refractivity (Wildman–Crippen MR) is 60.8 cm³/mol. The van der Waals surface area contributed by atoms with Gasteiger partial charge in [0.15, 0.2) is 0 Å². The Bertz CT molecular complexity index is 391. The molecule has 16 heavy (non-hydrogen) atoms. The molecular weight excluding hydrogens is 226 g/mol. The quantitative estimate of drug-likeness (QED) is 0.744. The van der Waals surface area contributed by atoms with Crippen LogP contribution in [-0.2, 0) is 9.59 Å². The number of nitrogens with two attached hydrogens (primary N) is 1. The first kappa shape index (κ1) is 11.1. The van der Waals surface area contributed by atoms with Crippen molar-refractivity contribution < 1.29 is 9.59 Å². The number of carbonyl (C=O) groups excluding carboxylic acids is 2. The Labute approximate surface area is 97.2 Å². The molecule has 0 aliphatic carbocycles. The maximum absolute atomic E-state index is 12.0. The Morgan fingerprint density at radius 2 is 2.44 bits per heavy atom. The molecule has 0 radical (unpaired) electrons. The van der Waals surface area contributed by atoms with Crippen molar-refractivity contribution in [1.29, 1.82) is 0 Å². The molecular formula is C10H13N3O2S. The van der Waals surface area contributed by atoms with E-state index in [-0.39, 0.29) is 18.4 Å². The lowest BCUT2D eigenvalue weighted by Crippen LogP contribution is -2.52. The minimum Gasteiger partial charge on any atom is -0.353 e. The van der Waals surface area contributed by atoms with Crippen molar-refractivity contribution >= 4 is 23.2 Å². The zero-order chi connectivity index (χ0) is 11.5. The molecule has 1 aromatic heterocycles. The summed E-state index contributed by atoms with van der Waals surface area (Å²) in [6.45, 7) is 1.14. The normalized spacial score (nSPS) is 18.1. The summed E-state index contributed by atoms with van der Waals surface area (Å²) in [5.74, 6) is -0.310. The Hall–Kier alpha value is -1.40. The van der Waals surface area contributed by atoms with Gasteiger partial charge in [0, 0.05) is 18.0 Å². The summed E-state index contributed by atoms with van der Waals surface area (Å²) in [6, 6.07) is 3.04. The van der Waals surface area contributed by atoms with Crippen LogP contribution in [0.4, 0.5) is 0 Å². The first-order valence-electron chi connectivity index (χ1n) is 5.03. The van der Waals surface area contributed by atoms with E-state index >= 15 is 0 Å². The second kappa shape index (κ2) is 4.63. The van der Waals surface area contributed by atoms with Crippen molar-refractivity contribution in [2.24, 2.45) is 5.73 Å². The number of rotatable bonds is 2. The number of hydrogen-bond acceptors (Lipinski definition) is 4. The zero-order valence-electron chi connectivity index (χ0n) is 8.68. The van der Waals surface area contributed by atoms with Gasteiger partial charge in [-0.1, -0.05) is 6.07 Å². The average molecular weight is 239 g/mol. The number of hydrogen-bond donors (Lipinski definition) is 2. The molecule has 2 heterocycles. The largest absolute Gasteiger partial charge is 0.353 e. The first-order valence-corrected chi connectivity index (χ1v) is 5.91. The van der Waals surface area contributed by atoms with Crippen molar-refractivity contribution in [2.75, 3.05) is 19.6 Å². The summed E-state index contributed by atoms with van der Waals surface area (Å²) in [7, 11) is 0. The minimum atomic E-state index is -0.647. The van der Waals surface area contributed by atoms with Gasteiger partial charge >= 0.3 is 0 Å². The molecule has 6 heteroatoms. The van der Waals surface area contributed by atoms with Crippen LogP contribution in [0.1, 0.15) is 10.9 Å². The molecule has 86 valence electrons. The van der Waals surface area contributed by atoms with E-state index in [0.717, 1.165) is 4.88 Å². The van der Waals surface area contributed by atoms with Crippen LogP contribution < -0.4 is 11.1 Å². The van der Waals surface area contributed by atoms with E-state index in [2.05, 4.69) is 5.32 Å². The Balaban J connectivity index is 2.04. The summed E-state index contributed by atoms with van der Waals surface area (Å²) in [6.07, 6.45) is 0. The van der Waals surface area contributed by atoms with Crippen LogP contribution in [0.15, 0.2) is 17.5 Å². The second-order valence-electron chi connectivity index (χ2n) is 3.60. The van der Waals surface area contributed by atoms with E-state index in [4.69, 9.17) is 5.73 Å². The SMILES string of the molecule is NC(C(=O)N1CCNC(=O)C1)c1cccs1. The lowest BCUT2D eigenvalue weighted by Gasteiger charge is -2.28. The number of piperazine rings is 1. The molecule has 2 rings (SSSR count). The van der Waals surface area contributed by atoms with E-state index in [9.17, 15) is 9.59 Å². The Morgan fingerprint density at radius 3 is 3.06 bits per heavy atom. The molecule has 1 saturated heterocycles. The van der Waals surface area contributed by atoms with Crippen LogP contribution in [0, 0.1) is 0 Å². The van der Waals surface area contributed by atoms with Crippen molar-refractivity contribution in [3.8, 4) is 0 Å². The number of nitrogens with zero attached hydrogens (tertiary/aromatic N) is 1. The molecule has 1 aromatic rings. The van der Waals surface area contributed by atoms with E-state index in [0.29, 0.717) is 13.1 Å². The highest BCUT2D eigenvalue weighted by atomic mass is 32.1. The fraction of sp³-hybridized carbons (Fsp3) is 0.400. The van der Waals surface area contributed by atoms with Gasteiger partial charge in [-0.15, -0.1) is 11.3 Å².